The maximum Gasteiger partial charge on any atom is 0.338 e. The van der Waals surface area contributed by atoms with E-state index < -0.39 is 24.5 Å². The van der Waals surface area contributed by atoms with Gasteiger partial charge in [0.15, 0.2) is 18.1 Å². The average Bonchev–Trinajstić information content (AvgIpc) is 2.62. The lowest BCUT2D eigenvalue weighted by Gasteiger charge is -2.13. The molecule has 0 fully saturated rings. The van der Waals surface area contributed by atoms with Crippen molar-refractivity contribution in [3.8, 4) is 11.5 Å². The highest BCUT2D eigenvalue weighted by atomic mass is 16.5. The van der Waals surface area contributed by atoms with Crippen molar-refractivity contribution in [2.45, 2.75) is 26.7 Å². The van der Waals surface area contributed by atoms with Gasteiger partial charge in [-0.15, -0.1) is 0 Å². The van der Waals surface area contributed by atoms with Crippen molar-refractivity contribution in [3.05, 3.63) is 23.8 Å². The van der Waals surface area contributed by atoms with Crippen LogP contribution >= 0.6 is 0 Å². The minimum atomic E-state index is -0.724. The van der Waals surface area contributed by atoms with Crippen LogP contribution in [0.1, 0.15) is 37.0 Å². The molecule has 138 valence electrons. The molecule has 0 aliphatic rings. The molecule has 0 radical (unpaired) electrons. The second kappa shape index (κ2) is 10.9. The van der Waals surface area contributed by atoms with Gasteiger partial charge >= 0.3 is 12.0 Å². The monoisotopic (exact) mass is 352 g/mol. The Morgan fingerprint density at radius 3 is 2.24 bits per heavy atom. The number of carbonyl (C=O) groups is 3. The van der Waals surface area contributed by atoms with Crippen molar-refractivity contribution < 1.29 is 28.6 Å². The molecule has 0 unspecified atom stereocenters. The first-order chi connectivity index (χ1) is 12.0. The van der Waals surface area contributed by atoms with E-state index in [0.717, 1.165) is 12.8 Å². The number of rotatable bonds is 9. The normalized spacial score (nSPS) is 9.88. The number of imide groups is 1. The number of ether oxygens (including phenoxy) is 3. The maximum atomic E-state index is 12.1. The zero-order valence-corrected chi connectivity index (χ0v) is 14.7. The standard InChI is InChI=1S/C17H24N2O6/c1-4-8-23-13-7-6-12(10-14(13)24-9-5-2)16(21)25-11-15(20)19-17(22)18-3/h6-7,10H,4-5,8-9,11H2,1-3H3,(H2,18,19,20,22). The lowest BCUT2D eigenvalue weighted by molar-refractivity contribution is -0.123. The molecule has 1 aromatic carbocycles. The van der Waals surface area contributed by atoms with Gasteiger partial charge in [0.2, 0.25) is 0 Å². The Hall–Kier alpha value is -2.77. The number of esters is 1. The molecule has 8 heteroatoms. The molecule has 1 rings (SSSR count). The molecule has 2 N–H and O–H groups in total. The molecule has 0 atom stereocenters. The van der Waals surface area contributed by atoms with Crippen molar-refractivity contribution in [3.63, 3.8) is 0 Å². The number of nitrogens with one attached hydrogen (secondary N) is 2. The van der Waals surface area contributed by atoms with Gasteiger partial charge in [-0.25, -0.2) is 9.59 Å². The highest BCUT2D eigenvalue weighted by Crippen LogP contribution is 2.29. The second-order valence-electron chi connectivity index (χ2n) is 5.06. The van der Waals surface area contributed by atoms with Crippen molar-refractivity contribution in [1.29, 1.82) is 0 Å². The molecule has 0 saturated carbocycles. The largest absolute Gasteiger partial charge is 0.490 e. The van der Waals surface area contributed by atoms with Crippen LogP contribution in [0, 0.1) is 0 Å². The molecule has 8 nitrogen and oxygen atoms in total. The van der Waals surface area contributed by atoms with Crippen LogP contribution in [-0.2, 0) is 9.53 Å². The third-order valence-electron chi connectivity index (χ3n) is 2.92. The predicted octanol–water partition coefficient (Wildman–Crippen LogP) is 1.88. The molecule has 0 bridgehead atoms. The zero-order valence-electron chi connectivity index (χ0n) is 14.7. The van der Waals surface area contributed by atoms with E-state index in [0.29, 0.717) is 24.7 Å². The van der Waals surface area contributed by atoms with Crippen LogP contribution in [0.5, 0.6) is 11.5 Å². The molecule has 0 heterocycles. The maximum absolute atomic E-state index is 12.1. The first-order valence-corrected chi connectivity index (χ1v) is 8.10. The van der Waals surface area contributed by atoms with Crippen molar-refractivity contribution in [1.82, 2.24) is 10.6 Å². The first-order valence-electron chi connectivity index (χ1n) is 8.10. The lowest BCUT2D eigenvalue weighted by Crippen LogP contribution is -2.39. The molecule has 1 aromatic rings. The van der Waals surface area contributed by atoms with Gasteiger partial charge in [0.1, 0.15) is 0 Å². The topological polar surface area (TPSA) is 103 Å². The quantitative estimate of drug-likeness (QED) is 0.658. The Bertz CT molecular complexity index is 603. The molecule has 0 saturated heterocycles. The van der Waals surface area contributed by atoms with Gasteiger partial charge in [0.25, 0.3) is 5.91 Å². The van der Waals surface area contributed by atoms with Gasteiger partial charge in [-0.2, -0.15) is 0 Å². The van der Waals surface area contributed by atoms with Crippen molar-refractivity contribution in [2.24, 2.45) is 0 Å². The fourth-order valence-electron chi connectivity index (χ4n) is 1.73. The van der Waals surface area contributed by atoms with E-state index in [4.69, 9.17) is 14.2 Å². The molecule has 0 aliphatic heterocycles. The summed E-state index contributed by atoms with van der Waals surface area (Å²) < 4.78 is 16.1. The fourth-order valence-corrected chi connectivity index (χ4v) is 1.73. The van der Waals surface area contributed by atoms with Gasteiger partial charge in [0, 0.05) is 7.05 Å². The summed E-state index contributed by atoms with van der Waals surface area (Å²) in [4.78, 5) is 34.5. The van der Waals surface area contributed by atoms with Gasteiger partial charge in [-0.1, -0.05) is 13.8 Å². The van der Waals surface area contributed by atoms with E-state index in [2.05, 4.69) is 5.32 Å². The van der Waals surface area contributed by atoms with E-state index in [1.165, 1.54) is 19.2 Å². The average molecular weight is 352 g/mol. The van der Waals surface area contributed by atoms with Crippen molar-refractivity contribution >= 4 is 17.9 Å². The van der Waals surface area contributed by atoms with Crippen LogP contribution in [0.3, 0.4) is 0 Å². The zero-order chi connectivity index (χ0) is 18.7. The van der Waals surface area contributed by atoms with E-state index in [1.807, 2.05) is 19.2 Å². The summed E-state index contributed by atoms with van der Waals surface area (Å²) in [7, 11) is 1.37. The lowest BCUT2D eigenvalue weighted by atomic mass is 10.2. The Balaban J connectivity index is 2.73. The number of amides is 3. The molecule has 3 amide bonds. The molecule has 0 aliphatic carbocycles. The summed E-state index contributed by atoms with van der Waals surface area (Å²) in [6.45, 7) is 4.41. The van der Waals surface area contributed by atoms with Crippen LogP contribution in [0.2, 0.25) is 0 Å². The summed E-state index contributed by atoms with van der Waals surface area (Å²) in [5.74, 6) is -0.433. The van der Waals surface area contributed by atoms with Crippen LogP contribution in [0.15, 0.2) is 18.2 Å². The number of hydrogen-bond donors (Lipinski definition) is 2. The highest BCUT2D eigenvalue weighted by Gasteiger charge is 2.15. The highest BCUT2D eigenvalue weighted by molar-refractivity contribution is 5.97. The predicted molar refractivity (Wildman–Crippen MR) is 90.9 cm³/mol. The molecule has 0 spiro atoms. The number of urea groups is 1. The third-order valence-corrected chi connectivity index (χ3v) is 2.92. The Labute approximate surface area is 146 Å². The van der Waals surface area contributed by atoms with Gasteiger partial charge < -0.3 is 19.5 Å². The van der Waals surface area contributed by atoms with Crippen LogP contribution in [0.4, 0.5) is 4.79 Å². The van der Waals surface area contributed by atoms with Crippen LogP contribution in [-0.4, -0.2) is 44.8 Å². The van der Waals surface area contributed by atoms with Gasteiger partial charge in [-0.05, 0) is 31.0 Å². The van der Waals surface area contributed by atoms with E-state index in [-0.39, 0.29) is 5.56 Å². The molecule has 0 aromatic heterocycles. The summed E-state index contributed by atoms with van der Waals surface area (Å²) in [6.07, 6.45) is 1.65. The van der Waals surface area contributed by atoms with Gasteiger partial charge in [-0.3, -0.25) is 10.1 Å². The number of benzene rings is 1. The summed E-state index contributed by atoms with van der Waals surface area (Å²) >= 11 is 0. The Morgan fingerprint density at radius 1 is 1.00 bits per heavy atom. The summed E-state index contributed by atoms with van der Waals surface area (Å²) in [6, 6.07) is 4.00. The first kappa shape index (κ1) is 20.3. The van der Waals surface area contributed by atoms with Crippen LogP contribution in [0.25, 0.3) is 0 Å². The minimum absolute atomic E-state index is 0.225. The summed E-state index contributed by atoms with van der Waals surface area (Å²) in [5.41, 5.74) is 0.225. The fraction of sp³-hybridized carbons (Fsp3) is 0.471. The van der Waals surface area contributed by atoms with E-state index in [1.54, 1.807) is 6.07 Å². The van der Waals surface area contributed by atoms with E-state index in [9.17, 15) is 14.4 Å². The number of hydrogen-bond acceptors (Lipinski definition) is 6. The van der Waals surface area contributed by atoms with Crippen LogP contribution < -0.4 is 20.1 Å². The Morgan fingerprint density at radius 2 is 1.64 bits per heavy atom. The second-order valence-corrected chi connectivity index (χ2v) is 5.06. The smallest absolute Gasteiger partial charge is 0.338 e. The van der Waals surface area contributed by atoms with Crippen molar-refractivity contribution in [2.75, 3.05) is 26.9 Å². The van der Waals surface area contributed by atoms with E-state index >= 15 is 0 Å². The third kappa shape index (κ3) is 7.11. The van der Waals surface area contributed by atoms with Gasteiger partial charge in [0.05, 0.1) is 18.8 Å². The molecule has 25 heavy (non-hydrogen) atoms. The minimum Gasteiger partial charge on any atom is -0.490 e. The Kier molecular flexibility index (Phi) is 8.84. The summed E-state index contributed by atoms with van der Waals surface area (Å²) in [5, 5.41) is 4.22. The molecular formula is C17H24N2O6. The number of carbonyl (C=O) groups excluding carboxylic acids is 3. The SMILES string of the molecule is CCCOc1ccc(C(=O)OCC(=O)NC(=O)NC)cc1OCCC. The molecular weight excluding hydrogens is 328 g/mol.